The molecule has 0 fully saturated rings. The molecule has 94 valence electrons. The Morgan fingerprint density at radius 2 is 1.76 bits per heavy atom. The third-order valence-electron chi connectivity index (χ3n) is 2.21. The Labute approximate surface area is 107 Å². The van der Waals surface area contributed by atoms with Gasteiger partial charge in [0, 0.05) is 5.56 Å². The number of benzene rings is 1. The van der Waals surface area contributed by atoms with E-state index in [1.54, 1.807) is 0 Å². The number of rotatable bonds is 5. The van der Waals surface area contributed by atoms with Crippen LogP contribution in [0.15, 0.2) is 29.2 Å². The first-order valence-corrected chi connectivity index (χ1v) is 7.47. The summed E-state index contributed by atoms with van der Waals surface area (Å²) in [6.45, 7) is 3.70. The second-order valence-electron chi connectivity index (χ2n) is 4.26. The summed E-state index contributed by atoms with van der Waals surface area (Å²) in [5, 5.41) is 0. The van der Waals surface area contributed by atoms with E-state index in [-0.39, 0.29) is 28.2 Å². The Morgan fingerprint density at radius 3 is 2.18 bits per heavy atom. The van der Waals surface area contributed by atoms with Crippen molar-refractivity contribution in [3.63, 3.8) is 0 Å². The Morgan fingerprint density at radius 1 is 1.24 bits per heavy atom. The first-order valence-electron chi connectivity index (χ1n) is 5.29. The van der Waals surface area contributed by atoms with E-state index >= 15 is 0 Å². The fourth-order valence-corrected chi connectivity index (χ4v) is 3.24. The molecule has 0 aliphatic rings. The summed E-state index contributed by atoms with van der Waals surface area (Å²) in [5.41, 5.74) is 0.434. The van der Waals surface area contributed by atoms with Gasteiger partial charge in [0.1, 0.15) is 0 Å². The molecule has 0 aliphatic carbocycles. The lowest BCUT2D eigenvalue weighted by atomic mass is 10.1. The Balaban J connectivity index is 2.99. The molecule has 0 saturated carbocycles. The van der Waals surface area contributed by atoms with E-state index in [0.29, 0.717) is 5.56 Å². The molecule has 0 bridgehead atoms. The summed E-state index contributed by atoms with van der Waals surface area (Å²) in [6, 6.07) is 5.91. The summed E-state index contributed by atoms with van der Waals surface area (Å²) in [5.74, 6) is -0.128. The van der Waals surface area contributed by atoms with Crippen molar-refractivity contribution in [3.8, 4) is 0 Å². The molecule has 0 spiro atoms. The van der Waals surface area contributed by atoms with Gasteiger partial charge in [0.25, 0.3) is 0 Å². The Bertz CT molecular complexity index is 489. The summed E-state index contributed by atoms with van der Waals surface area (Å²) >= 11 is 5.42. The minimum absolute atomic E-state index is 0.0733. The number of carbonyl (C=O) groups excluding carboxylic acids is 1. The van der Waals surface area contributed by atoms with Crippen LogP contribution in [0, 0.1) is 5.92 Å². The third kappa shape index (κ3) is 3.82. The van der Waals surface area contributed by atoms with Gasteiger partial charge in [0.05, 0.1) is 16.5 Å². The van der Waals surface area contributed by atoms with Crippen LogP contribution in [0.2, 0.25) is 0 Å². The molecular weight excluding hydrogens is 260 g/mol. The van der Waals surface area contributed by atoms with E-state index in [4.69, 9.17) is 11.6 Å². The molecule has 1 aromatic rings. The van der Waals surface area contributed by atoms with E-state index < -0.39 is 9.84 Å². The number of ketones is 1. The number of halogens is 1. The maximum absolute atomic E-state index is 11.9. The van der Waals surface area contributed by atoms with Crippen molar-refractivity contribution in [2.75, 3.05) is 11.6 Å². The predicted octanol–water partition coefficient (Wildman–Crippen LogP) is 2.54. The number of hydrogen-bond donors (Lipinski definition) is 0. The molecule has 5 heteroatoms. The first kappa shape index (κ1) is 14.2. The highest BCUT2D eigenvalue weighted by Gasteiger charge is 2.16. The second kappa shape index (κ2) is 5.65. The predicted molar refractivity (Wildman–Crippen MR) is 68.4 cm³/mol. The van der Waals surface area contributed by atoms with E-state index in [1.807, 2.05) is 13.8 Å². The summed E-state index contributed by atoms with van der Waals surface area (Å²) in [4.78, 5) is 11.5. The number of hydrogen-bond acceptors (Lipinski definition) is 3. The van der Waals surface area contributed by atoms with Crippen molar-refractivity contribution in [1.29, 1.82) is 0 Å². The van der Waals surface area contributed by atoms with E-state index in [1.165, 1.54) is 24.3 Å². The minimum atomic E-state index is -3.25. The van der Waals surface area contributed by atoms with Gasteiger partial charge in [0.2, 0.25) is 0 Å². The molecule has 0 aliphatic heterocycles. The summed E-state index contributed by atoms with van der Waals surface area (Å²) < 4.78 is 23.8. The molecular formula is C12H15ClO3S. The molecule has 17 heavy (non-hydrogen) atoms. The molecule has 0 amide bonds. The van der Waals surface area contributed by atoms with Gasteiger partial charge < -0.3 is 0 Å². The molecule has 0 saturated heterocycles. The largest absolute Gasteiger partial charge is 0.293 e. The van der Waals surface area contributed by atoms with Gasteiger partial charge in [0.15, 0.2) is 15.6 Å². The molecule has 0 heterocycles. The number of Topliss-reactive ketones (excluding diaryl/α,β-unsaturated/α-hetero) is 1. The van der Waals surface area contributed by atoms with Crippen LogP contribution in [0.25, 0.3) is 0 Å². The Kier molecular flexibility index (Phi) is 4.71. The molecule has 0 N–H and O–H groups in total. The van der Waals surface area contributed by atoms with E-state index in [2.05, 4.69) is 0 Å². The number of alkyl halides is 1. The SMILES string of the molecule is CC(C)CS(=O)(=O)c1ccc(C(=O)CCl)cc1. The zero-order valence-electron chi connectivity index (χ0n) is 9.81. The van der Waals surface area contributed by atoms with Crippen molar-refractivity contribution < 1.29 is 13.2 Å². The topological polar surface area (TPSA) is 51.2 Å². The number of sulfone groups is 1. The van der Waals surface area contributed by atoms with Crippen LogP contribution < -0.4 is 0 Å². The fraction of sp³-hybridized carbons (Fsp3) is 0.417. The van der Waals surface area contributed by atoms with Gasteiger partial charge in [-0.2, -0.15) is 0 Å². The summed E-state index contributed by atoms with van der Waals surface area (Å²) in [6.07, 6.45) is 0. The van der Waals surface area contributed by atoms with Gasteiger partial charge in [-0.3, -0.25) is 4.79 Å². The number of carbonyl (C=O) groups is 1. The van der Waals surface area contributed by atoms with Crippen LogP contribution in [0.5, 0.6) is 0 Å². The Hall–Kier alpha value is -0.870. The lowest BCUT2D eigenvalue weighted by molar-refractivity contribution is 0.102. The maximum Gasteiger partial charge on any atom is 0.178 e. The standard InChI is InChI=1S/C12H15ClO3S/c1-9(2)8-17(15,16)11-5-3-10(4-6-11)12(14)7-13/h3-6,9H,7-8H2,1-2H3. The highest BCUT2D eigenvalue weighted by molar-refractivity contribution is 7.91. The maximum atomic E-state index is 11.9. The molecule has 1 rings (SSSR count). The molecule has 0 unspecified atom stereocenters. The third-order valence-corrected chi connectivity index (χ3v) is 4.55. The van der Waals surface area contributed by atoms with Crippen LogP contribution in [-0.2, 0) is 9.84 Å². The van der Waals surface area contributed by atoms with Gasteiger partial charge in [-0.15, -0.1) is 11.6 Å². The van der Waals surface area contributed by atoms with Crippen molar-refractivity contribution in [3.05, 3.63) is 29.8 Å². The quantitative estimate of drug-likeness (QED) is 0.612. The molecule has 0 atom stereocenters. The zero-order chi connectivity index (χ0) is 13.1. The molecule has 0 aromatic heterocycles. The van der Waals surface area contributed by atoms with Crippen molar-refractivity contribution in [2.24, 2.45) is 5.92 Å². The smallest absolute Gasteiger partial charge is 0.178 e. The highest BCUT2D eigenvalue weighted by Crippen LogP contribution is 2.15. The molecule has 3 nitrogen and oxygen atoms in total. The lowest BCUT2D eigenvalue weighted by Gasteiger charge is -2.07. The van der Waals surface area contributed by atoms with Crippen molar-refractivity contribution in [1.82, 2.24) is 0 Å². The van der Waals surface area contributed by atoms with Gasteiger partial charge in [-0.25, -0.2) is 8.42 Å². The van der Waals surface area contributed by atoms with Crippen LogP contribution in [-0.4, -0.2) is 25.8 Å². The minimum Gasteiger partial charge on any atom is -0.293 e. The average Bonchev–Trinajstić information content (AvgIpc) is 2.26. The zero-order valence-corrected chi connectivity index (χ0v) is 11.4. The lowest BCUT2D eigenvalue weighted by Crippen LogP contribution is -2.12. The van der Waals surface area contributed by atoms with Crippen LogP contribution >= 0.6 is 11.6 Å². The van der Waals surface area contributed by atoms with Gasteiger partial charge in [-0.1, -0.05) is 26.0 Å². The fourth-order valence-electron chi connectivity index (χ4n) is 1.46. The van der Waals surface area contributed by atoms with Crippen LogP contribution in [0.1, 0.15) is 24.2 Å². The molecule has 1 aromatic carbocycles. The first-order chi connectivity index (χ1) is 7.86. The second-order valence-corrected chi connectivity index (χ2v) is 6.56. The van der Waals surface area contributed by atoms with Gasteiger partial charge >= 0.3 is 0 Å². The van der Waals surface area contributed by atoms with Crippen molar-refractivity contribution in [2.45, 2.75) is 18.7 Å². The molecule has 0 radical (unpaired) electrons. The average molecular weight is 275 g/mol. The van der Waals surface area contributed by atoms with E-state index in [9.17, 15) is 13.2 Å². The monoisotopic (exact) mass is 274 g/mol. The van der Waals surface area contributed by atoms with Gasteiger partial charge in [-0.05, 0) is 18.1 Å². The summed E-state index contributed by atoms with van der Waals surface area (Å²) in [7, 11) is -3.25. The highest BCUT2D eigenvalue weighted by atomic mass is 35.5. The van der Waals surface area contributed by atoms with Crippen LogP contribution in [0.3, 0.4) is 0 Å². The van der Waals surface area contributed by atoms with E-state index in [0.717, 1.165) is 0 Å². The normalized spacial score (nSPS) is 11.8. The van der Waals surface area contributed by atoms with Crippen molar-refractivity contribution >= 4 is 27.2 Å². The van der Waals surface area contributed by atoms with Crippen LogP contribution in [0.4, 0.5) is 0 Å².